The van der Waals surface area contributed by atoms with Crippen LogP contribution in [0.2, 0.25) is 10.0 Å². The highest BCUT2D eigenvalue weighted by Gasteiger charge is 2.39. The molecule has 2 bridgehead atoms. The van der Waals surface area contributed by atoms with E-state index >= 15 is 0 Å². The molecule has 6 nitrogen and oxygen atoms in total. The maximum absolute atomic E-state index is 13.9. The number of nitrogens with one attached hydrogen (secondary N) is 1. The molecule has 0 amide bonds. The van der Waals surface area contributed by atoms with Crippen molar-refractivity contribution in [1.29, 1.82) is 0 Å². The third kappa shape index (κ3) is 3.83. The summed E-state index contributed by atoms with van der Waals surface area (Å²) in [6.07, 6.45) is 2.81. The molecule has 0 aliphatic carbocycles. The van der Waals surface area contributed by atoms with Gasteiger partial charge in [-0.05, 0) is 69.5 Å². The number of benzene rings is 2. The van der Waals surface area contributed by atoms with E-state index in [2.05, 4.69) is 9.88 Å². The Morgan fingerprint density at radius 1 is 1.12 bits per heavy atom. The van der Waals surface area contributed by atoms with Crippen molar-refractivity contribution in [2.75, 3.05) is 0 Å². The molecule has 2 aliphatic rings. The molecular formula is C25H26Cl2N2O4S. The highest BCUT2D eigenvalue weighted by molar-refractivity contribution is 7.91. The third-order valence-corrected chi connectivity index (χ3v) is 8.77. The van der Waals surface area contributed by atoms with Crippen LogP contribution in [0.4, 0.5) is 0 Å². The molecule has 0 radical (unpaired) electrons. The molecule has 3 heterocycles. The first-order valence-corrected chi connectivity index (χ1v) is 13.5. The van der Waals surface area contributed by atoms with Crippen LogP contribution >= 0.6 is 23.2 Å². The van der Waals surface area contributed by atoms with Gasteiger partial charge >= 0.3 is 5.97 Å². The normalized spacial score (nSPS) is 19.9. The molecule has 2 atom stereocenters. The molecule has 2 unspecified atom stereocenters. The van der Waals surface area contributed by atoms with E-state index in [9.17, 15) is 13.2 Å². The van der Waals surface area contributed by atoms with Crippen LogP contribution in [0, 0.1) is 0 Å². The van der Waals surface area contributed by atoms with Crippen LogP contribution in [0.15, 0.2) is 40.1 Å². The molecule has 2 aliphatic heterocycles. The SMILES string of the molecule is Cn1c2c(c3c(C(=O)OC(C)(C)C)c(S(=O)(=O)c4cc(Cl)cc(Cl)c4)ccc31)C1CCC(C2)N1. The Morgan fingerprint density at radius 2 is 1.79 bits per heavy atom. The highest BCUT2D eigenvalue weighted by atomic mass is 35.5. The Labute approximate surface area is 209 Å². The van der Waals surface area contributed by atoms with Crippen LogP contribution in [0.1, 0.15) is 61.3 Å². The average Bonchev–Trinajstić information content (AvgIpc) is 3.24. The number of aromatic nitrogens is 1. The number of aryl methyl sites for hydroxylation is 1. The number of esters is 1. The Hall–Kier alpha value is -2.06. The van der Waals surface area contributed by atoms with E-state index in [4.69, 9.17) is 27.9 Å². The average molecular weight is 521 g/mol. The van der Waals surface area contributed by atoms with Gasteiger partial charge in [0.25, 0.3) is 0 Å². The number of halogens is 2. The van der Waals surface area contributed by atoms with Crippen molar-refractivity contribution in [3.05, 3.63) is 57.2 Å². The van der Waals surface area contributed by atoms with Crippen molar-refractivity contribution in [2.24, 2.45) is 7.05 Å². The zero-order valence-electron chi connectivity index (χ0n) is 19.4. The van der Waals surface area contributed by atoms with Crippen molar-refractivity contribution in [3.8, 4) is 0 Å². The monoisotopic (exact) mass is 520 g/mol. The number of hydrogen-bond donors (Lipinski definition) is 1. The van der Waals surface area contributed by atoms with Gasteiger partial charge in [0.2, 0.25) is 9.84 Å². The second-order valence-corrected chi connectivity index (χ2v) is 12.9. The van der Waals surface area contributed by atoms with Crippen molar-refractivity contribution in [3.63, 3.8) is 0 Å². The molecule has 1 N–H and O–H groups in total. The molecule has 180 valence electrons. The quantitative estimate of drug-likeness (QED) is 0.453. The molecule has 3 aromatic rings. The van der Waals surface area contributed by atoms with E-state index in [0.29, 0.717) is 11.4 Å². The van der Waals surface area contributed by atoms with E-state index in [1.807, 2.05) is 7.05 Å². The molecule has 0 saturated carbocycles. The van der Waals surface area contributed by atoms with Gasteiger partial charge in [-0.2, -0.15) is 0 Å². The Balaban J connectivity index is 1.84. The van der Waals surface area contributed by atoms with Crippen molar-refractivity contribution in [1.82, 2.24) is 9.88 Å². The number of nitrogens with zero attached hydrogens (tertiary/aromatic N) is 1. The van der Waals surface area contributed by atoms with Gasteiger partial charge in [0.1, 0.15) is 5.60 Å². The third-order valence-electron chi connectivity index (χ3n) is 6.56. The molecule has 1 aromatic heterocycles. The largest absolute Gasteiger partial charge is 0.456 e. The van der Waals surface area contributed by atoms with E-state index in [1.54, 1.807) is 26.8 Å². The van der Waals surface area contributed by atoms with E-state index in [0.717, 1.165) is 36.0 Å². The fraction of sp³-hybridized carbons (Fsp3) is 0.400. The molecule has 0 spiro atoms. The Morgan fingerprint density at radius 3 is 2.44 bits per heavy atom. The number of carbonyl (C=O) groups excluding carboxylic acids is 1. The Kier molecular flexibility index (Phi) is 5.56. The topological polar surface area (TPSA) is 77.4 Å². The van der Waals surface area contributed by atoms with Gasteiger partial charge in [-0.1, -0.05) is 23.2 Å². The molecule has 34 heavy (non-hydrogen) atoms. The summed E-state index contributed by atoms with van der Waals surface area (Å²) in [5.41, 5.74) is 2.20. The first kappa shape index (κ1) is 23.7. The minimum Gasteiger partial charge on any atom is -0.456 e. The lowest BCUT2D eigenvalue weighted by Gasteiger charge is -2.24. The first-order chi connectivity index (χ1) is 15.9. The zero-order valence-corrected chi connectivity index (χ0v) is 21.7. The number of ether oxygens (including phenoxy) is 1. The van der Waals surface area contributed by atoms with Gasteiger partial charge < -0.3 is 14.6 Å². The van der Waals surface area contributed by atoms with Gasteiger partial charge in [0.15, 0.2) is 0 Å². The van der Waals surface area contributed by atoms with E-state index in [1.165, 1.54) is 24.3 Å². The van der Waals surface area contributed by atoms with Crippen molar-refractivity contribution < 1.29 is 17.9 Å². The van der Waals surface area contributed by atoms with Gasteiger partial charge in [-0.25, -0.2) is 13.2 Å². The predicted octanol–water partition coefficient (Wildman–Crippen LogP) is 5.62. The van der Waals surface area contributed by atoms with Crippen LogP contribution in [-0.4, -0.2) is 30.6 Å². The first-order valence-electron chi connectivity index (χ1n) is 11.2. The standard InChI is InChI=1S/C25H26Cl2N2O4S/c1-25(2,3)33-24(30)23-20(34(31,32)16-10-13(26)9-14(27)11-16)8-7-18-22(23)21-17-6-5-15(28-17)12-19(21)29(18)4/h7-11,15,17,28H,5-6,12H2,1-4H3. The van der Waals surface area contributed by atoms with Crippen molar-refractivity contribution >= 4 is 49.9 Å². The number of carbonyl (C=O) groups is 1. The van der Waals surface area contributed by atoms with Gasteiger partial charge in [0, 0.05) is 52.2 Å². The number of hydrogen-bond acceptors (Lipinski definition) is 5. The molecule has 1 fully saturated rings. The second kappa shape index (κ2) is 7.98. The summed E-state index contributed by atoms with van der Waals surface area (Å²) >= 11 is 12.2. The van der Waals surface area contributed by atoms with E-state index < -0.39 is 21.4 Å². The number of fused-ring (bicyclic) bond motifs is 6. The minimum absolute atomic E-state index is 0.0625. The Bertz CT molecular complexity index is 1430. The second-order valence-electron chi connectivity index (χ2n) is 10.1. The number of rotatable bonds is 3. The lowest BCUT2D eigenvalue weighted by molar-refractivity contribution is 0.00675. The minimum atomic E-state index is -4.14. The number of sulfone groups is 1. The highest BCUT2D eigenvalue weighted by Crippen LogP contribution is 2.44. The maximum Gasteiger partial charge on any atom is 0.340 e. The predicted molar refractivity (Wildman–Crippen MR) is 133 cm³/mol. The summed E-state index contributed by atoms with van der Waals surface area (Å²) in [6, 6.07) is 7.87. The van der Waals surface area contributed by atoms with Crippen molar-refractivity contribution in [2.45, 2.75) is 67.5 Å². The molecule has 2 aromatic carbocycles. The summed E-state index contributed by atoms with van der Waals surface area (Å²) < 4.78 is 35.5. The fourth-order valence-electron chi connectivity index (χ4n) is 5.22. The summed E-state index contributed by atoms with van der Waals surface area (Å²) in [7, 11) is -2.17. The summed E-state index contributed by atoms with van der Waals surface area (Å²) in [4.78, 5) is 13.5. The van der Waals surface area contributed by atoms with Crippen LogP contribution < -0.4 is 5.32 Å². The summed E-state index contributed by atoms with van der Waals surface area (Å²) in [5.74, 6) is -0.668. The molecular weight excluding hydrogens is 495 g/mol. The van der Waals surface area contributed by atoms with Gasteiger partial charge in [-0.3, -0.25) is 0 Å². The summed E-state index contributed by atoms with van der Waals surface area (Å²) in [5, 5.41) is 4.66. The van der Waals surface area contributed by atoms with Crippen LogP contribution in [0.3, 0.4) is 0 Å². The zero-order chi connectivity index (χ0) is 24.6. The van der Waals surface area contributed by atoms with Crippen LogP contribution in [0.25, 0.3) is 10.9 Å². The van der Waals surface area contributed by atoms with Gasteiger partial charge in [0.05, 0.1) is 15.4 Å². The van der Waals surface area contributed by atoms with E-state index in [-0.39, 0.29) is 31.4 Å². The molecule has 1 saturated heterocycles. The summed E-state index contributed by atoms with van der Waals surface area (Å²) in [6.45, 7) is 5.29. The lowest BCUT2D eigenvalue weighted by atomic mass is 9.96. The maximum atomic E-state index is 13.9. The molecule has 9 heteroatoms. The smallest absolute Gasteiger partial charge is 0.340 e. The van der Waals surface area contributed by atoms with Crippen LogP contribution in [-0.2, 0) is 28.0 Å². The molecule has 5 rings (SSSR count). The lowest BCUT2D eigenvalue weighted by Crippen LogP contribution is -2.32. The van der Waals surface area contributed by atoms with Crippen LogP contribution in [0.5, 0.6) is 0 Å². The van der Waals surface area contributed by atoms with Gasteiger partial charge in [-0.15, -0.1) is 0 Å². The fourth-order valence-corrected chi connectivity index (χ4v) is 7.40.